The zero-order chi connectivity index (χ0) is 34.6. The lowest BCUT2D eigenvalue weighted by molar-refractivity contribution is -0.137. The van der Waals surface area contributed by atoms with Gasteiger partial charge in [-0.05, 0) is 63.8 Å². The van der Waals surface area contributed by atoms with Gasteiger partial charge in [-0.1, -0.05) is 24.6 Å². The number of alkyl halides is 3. The van der Waals surface area contributed by atoms with Crippen molar-refractivity contribution in [3.05, 3.63) is 62.3 Å². The molecule has 2 amide bonds. The zero-order valence-corrected chi connectivity index (χ0v) is 27.7. The molecule has 5 heterocycles. The number of halogens is 4. The summed E-state index contributed by atoms with van der Waals surface area (Å²) < 4.78 is 59.8. The van der Waals surface area contributed by atoms with E-state index in [0.29, 0.717) is 49.6 Å². The molecular weight excluding hydrogens is 657 g/mol. The molecule has 16 heteroatoms. The summed E-state index contributed by atoms with van der Waals surface area (Å²) >= 11 is 6.13. The normalized spacial score (nSPS) is 19.6. The third-order valence-electron chi connectivity index (χ3n) is 8.66. The van der Waals surface area contributed by atoms with Gasteiger partial charge in [-0.25, -0.2) is 4.79 Å². The minimum atomic E-state index is -4.60. The topological polar surface area (TPSA) is 129 Å². The largest absolute Gasteiger partial charge is 0.444 e. The number of hydrogen-bond acceptors (Lipinski definition) is 8. The van der Waals surface area contributed by atoms with Crippen LogP contribution in [0.15, 0.2) is 29.1 Å². The summed E-state index contributed by atoms with van der Waals surface area (Å²) in [7, 11) is 0. The number of anilines is 1. The van der Waals surface area contributed by atoms with E-state index in [4.69, 9.17) is 30.8 Å². The molecule has 12 nitrogen and oxygen atoms in total. The lowest BCUT2D eigenvalue weighted by atomic mass is 9.79. The van der Waals surface area contributed by atoms with Crippen LogP contribution in [0.25, 0.3) is 11.4 Å². The number of piperidine rings is 1. The van der Waals surface area contributed by atoms with Crippen LogP contribution in [0.1, 0.15) is 75.5 Å². The van der Waals surface area contributed by atoms with Gasteiger partial charge in [-0.15, -0.1) is 5.10 Å². The first kappa shape index (κ1) is 33.9. The van der Waals surface area contributed by atoms with Crippen LogP contribution in [0.4, 0.5) is 23.7 Å². The Bertz CT molecular complexity index is 1860. The standard InChI is InChI=1S/C32H36ClF3N6O6/c1-18-17-47-31(9-11-40(12-10-31)29(45)48-30(2,3)4)24-25(18)41(16-23(43)37-22-6-5-20(15-21(22)33)32(34,35)36)28-38-26(39-42(28)27(24)44)19-7-13-46-14-8-19/h5-7,15,18H,8-14,16-17H2,1-4H3,(H,37,43). The Balaban J connectivity index is 1.41. The summed E-state index contributed by atoms with van der Waals surface area (Å²) in [6.45, 7) is 8.47. The molecule has 3 aliphatic heterocycles. The van der Waals surface area contributed by atoms with Gasteiger partial charge in [-0.2, -0.15) is 22.7 Å². The smallest absolute Gasteiger partial charge is 0.416 e. The molecule has 1 atom stereocenters. The van der Waals surface area contributed by atoms with Crippen LogP contribution in [0.5, 0.6) is 0 Å². The molecular formula is C32H36ClF3N6O6. The van der Waals surface area contributed by atoms with E-state index < -0.39 is 40.5 Å². The molecule has 1 fully saturated rings. The fourth-order valence-electron chi connectivity index (χ4n) is 6.37. The van der Waals surface area contributed by atoms with Crippen molar-refractivity contribution in [3.8, 4) is 0 Å². The molecule has 258 valence electrons. The number of ether oxygens (including phenoxy) is 3. The van der Waals surface area contributed by atoms with Gasteiger partial charge < -0.3 is 29.0 Å². The van der Waals surface area contributed by atoms with Gasteiger partial charge in [-0.3, -0.25) is 9.59 Å². The summed E-state index contributed by atoms with van der Waals surface area (Å²) in [5.41, 5.74) is -1.48. The van der Waals surface area contributed by atoms with Crippen LogP contribution in [0, 0.1) is 0 Å². The highest BCUT2D eigenvalue weighted by molar-refractivity contribution is 6.33. The fraction of sp³-hybridized carbons (Fsp3) is 0.531. The van der Waals surface area contributed by atoms with Gasteiger partial charge >= 0.3 is 12.3 Å². The minimum Gasteiger partial charge on any atom is -0.444 e. The third-order valence-corrected chi connectivity index (χ3v) is 8.97. The van der Waals surface area contributed by atoms with Crippen molar-refractivity contribution in [1.29, 1.82) is 0 Å². The number of likely N-dealkylation sites (tertiary alicyclic amines) is 1. The highest BCUT2D eigenvalue weighted by atomic mass is 35.5. The van der Waals surface area contributed by atoms with Gasteiger partial charge in [0.15, 0.2) is 5.82 Å². The summed E-state index contributed by atoms with van der Waals surface area (Å²) in [6.07, 6.45) is -2.10. The summed E-state index contributed by atoms with van der Waals surface area (Å²) in [5.74, 6) is -0.506. The molecule has 1 N–H and O–H groups in total. The van der Waals surface area contributed by atoms with E-state index in [2.05, 4.69) is 10.4 Å². The molecule has 48 heavy (non-hydrogen) atoms. The predicted octanol–water partition coefficient (Wildman–Crippen LogP) is 5.37. The maximum Gasteiger partial charge on any atom is 0.416 e. The van der Waals surface area contributed by atoms with E-state index >= 15 is 0 Å². The highest BCUT2D eigenvalue weighted by Crippen LogP contribution is 2.44. The predicted molar refractivity (Wildman–Crippen MR) is 169 cm³/mol. The van der Waals surface area contributed by atoms with Gasteiger partial charge in [0.05, 0.1) is 41.7 Å². The summed E-state index contributed by atoms with van der Waals surface area (Å²) in [5, 5.41) is 6.90. The first-order valence-electron chi connectivity index (χ1n) is 15.7. The number of fused-ring (bicyclic) bond motifs is 3. The number of rotatable bonds is 4. The van der Waals surface area contributed by atoms with Crippen LogP contribution in [0.3, 0.4) is 0 Å². The highest BCUT2D eigenvalue weighted by Gasteiger charge is 2.48. The van der Waals surface area contributed by atoms with Gasteiger partial charge in [0.1, 0.15) is 17.7 Å². The molecule has 0 radical (unpaired) electrons. The van der Waals surface area contributed by atoms with Crippen LogP contribution in [-0.4, -0.2) is 74.6 Å². The second-order valence-corrected chi connectivity index (χ2v) is 13.7. The van der Waals surface area contributed by atoms with Crippen LogP contribution in [0.2, 0.25) is 5.02 Å². The van der Waals surface area contributed by atoms with Crippen molar-refractivity contribution in [2.75, 3.05) is 38.2 Å². The molecule has 1 aromatic carbocycles. The average Bonchev–Trinajstić information content (AvgIpc) is 3.47. The van der Waals surface area contributed by atoms with Crippen LogP contribution < -0.4 is 10.9 Å². The fourth-order valence-corrected chi connectivity index (χ4v) is 6.60. The van der Waals surface area contributed by atoms with E-state index in [1.165, 1.54) is 4.52 Å². The minimum absolute atomic E-state index is 0.00233. The van der Waals surface area contributed by atoms with E-state index in [1.807, 2.05) is 13.0 Å². The number of carbonyl (C=O) groups is 2. The maximum atomic E-state index is 14.4. The van der Waals surface area contributed by atoms with E-state index in [1.54, 1.807) is 30.2 Å². The first-order chi connectivity index (χ1) is 22.6. The Morgan fingerprint density at radius 3 is 2.54 bits per heavy atom. The average molecular weight is 693 g/mol. The van der Waals surface area contributed by atoms with Crippen molar-refractivity contribution in [1.82, 2.24) is 24.1 Å². The Morgan fingerprint density at radius 1 is 1.19 bits per heavy atom. The molecule has 1 saturated heterocycles. The number of amides is 2. The van der Waals surface area contributed by atoms with Gasteiger partial charge in [0.2, 0.25) is 11.7 Å². The molecule has 1 unspecified atom stereocenters. The van der Waals surface area contributed by atoms with Crippen LogP contribution in [-0.2, 0) is 37.3 Å². The number of nitrogens with zero attached hydrogens (tertiary/aromatic N) is 5. The number of carbonyl (C=O) groups excluding carboxylic acids is 2. The second-order valence-electron chi connectivity index (χ2n) is 13.3. The summed E-state index contributed by atoms with van der Waals surface area (Å²) in [4.78, 5) is 47.1. The molecule has 2 aromatic heterocycles. The van der Waals surface area contributed by atoms with Crippen molar-refractivity contribution in [3.63, 3.8) is 0 Å². The number of nitrogens with one attached hydrogen (secondary N) is 1. The van der Waals surface area contributed by atoms with Crippen molar-refractivity contribution < 1.29 is 37.0 Å². The molecule has 6 rings (SSSR count). The summed E-state index contributed by atoms with van der Waals surface area (Å²) in [6, 6.07) is 2.67. The monoisotopic (exact) mass is 692 g/mol. The quantitative estimate of drug-likeness (QED) is 0.387. The molecule has 0 bridgehead atoms. The number of hydrogen-bond donors (Lipinski definition) is 1. The third kappa shape index (κ3) is 6.54. The molecule has 0 aliphatic carbocycles. The first-order valence-corrected chi connectivity index (χ1v) is 16.0. The van der Waals surface area contributed by atoms with E-state index in [0.717, 1.165) is 23.8 Å². The molecule has 1 spiro atoms. The Labute approximate surface area is 278 Å². The zero-order valence-electron chi connectivity index (χ0n) is 26.9. The second kappa shape index (κ2) is 12.5. The van der Waals surface area contributed by atoms with Crippen molar-refractivity contribution in [2.45, 2.75) is 76.8 Å². The molecule has 3 aromatic rings. The SMILES string of the molecule is CC1COC2(CCN(C(=O)OC(C)(C)C)CC2)c2c1n(CC(=O)Nc1ccc(C(F)(F)F)cc1Cl)c1nc(C3=CCOCC3)nn1c2=O. The Hall–Kier alpha value is -3.95. The van der Waals surface area contributed by atoms with Crippen molar-refractivity contribution >= 4 is 40.6 Å². The van der Waals surface area contributed by atoms with E-state index in [-0.39, 0.29) is 48.6 Å². The Kier molecular flexibility index (Phi) is 8.83. The van der Waals surface area contributed by atoms with Crippen LogP contribution >= 0.6 is 11.6 Å². The lowest BCUT2D eigenvalue weighted by Gasteiger charge is -2.46. The maximum absolute atomic E-state index is 14.4. The van der Waals surface area contributed by atoms with E-state index in [9.17, 15) is 27.6 Å². The van der Waals surface area contributed by atoms with Gasteiger partial charge in [0.25, 0.3) is 5.56 Å². The van der Waals surface area contributed by atoms with Crippen molar-refractivity contribution in [2.24, 2.45) is 0 Å². The number of benzene rings is 1. The Morgan fingerprint density at radius 2 is 1.92 bits per heavy atom. The lowest BCUT2D eigenvalue weighted by Crippen LogP contribution is -2.53. The molecule has 3 aliphatic rings. The van der Waals surface area contributed by atoms with Gasteiger partial charge in [0, 0.05) is 24.7 Å². The molecule has 0 saturated carbocycles. The number of aromatic nitrogens is 4.